The van der Waals surface area contributed by atoms with Gasteiger partial charge in [0.2, 0.25) is 5.78 Å². The Morgan fingerprint density at radius 3 is 2.28 bits per heavy atom. The second kappa shape index (κ2) is 10.3. The number of benzene rings is 1. The summed E-state index contributed by atoms with van der Waals surface area (Å²) in [5, 5.41) is 0. The van der Waals surface area contributed by atoms with E-state index in [1.165, 1.54) is 6.92 Å². The molecule has 0 fully saturated rings. The normalized spacial score (nSPS) is 11.2. The molecule has 0 amide bonds. The maximum absolute atomic E-state index is 11.9. The topological polar surface area (TPSA) is 78.9 Å². The van der Waals surface area contributed by atoms with E-state index in [0.717, 1.165) is 11.1 Å². The van der Waals surface area contributed by atoms with E-state index in [1.807, 2.05) is 13.8 Å². The van der Waals surface area contributed by atoms with Crippen LogP contribution in [0, 0.1) is 5.92 Å². The van der Waals surface area contributed by atoms with Gasteiger partial charge in [-0.2, -0.15) is 0 Å². The van der Waals surface area contributed by atoms with Crippen LogP contribution < -0.4 is 4.74 Å². The predicted octanol–water partition coefficient (Wildman–Crippen LogP) is 2.84. The van der Waals surface area contributed by atoms with Gasteiger partial charge in [-0.3, -0.25) is 9.59 Å². The van der Waals surface area contributed by atoms with Gasteiger partial charge in [0.05, 0.1) is 13.5 Å². The quantitative estimate of drug-likeness (QED) is 0.388. The van der Waals surface area contributed by atoms with Crippen molar-refractivity contribution in [2.24, 2.45) is 5.92 Å². The first-order valence-electron chi connectivity index (χ1n) is 7.96. The highest BCUT2D eigenvalue weighted by Crippen LogP contribution is 2.13. The third-order valence-electron chi connectivity index (χ3n) is 3.39. The largest absolute Gasteiger partial charge is 0.497 e. The second-order valence-electron chi connectivity index (χ2n) is 5.86. The molecule has 6 heteroatoms. The Hall–Kier alpha value is -2.63. The molecule has 25 heavy (non-hydrogen) atoms. The summed E-state index contributed by atoms with van der Waals surface area (Å²) < 4.78 is 15.0. The van der Waals surface area contributed by atoms with Crippen molar-refractivity contribution < 1.29 is 28.6 Å². The van der Waals surface area contributed by atoms with Crippen LogP contribution >= 0.6 is 0 Å². The highest BCUT2D eigenvalue weighted by molar-refractivity contribution is 6.34. The van der Waals surface area contributed by atoms with Crippen LogP contribution in [0.15, 0.2) is 35.9 Å². The van der Waals surface area contributed by atoms with Crippen molar-refractivity contribution >= 4 is 17.7 Å². The van der Waals surface area contributed by atoms with Crippen molar-refractivity contribution in [1.29, 1.82) is 0 Å². The van der Waals surface area contributed by atoms with E-state index in [2.05, 4.69) is 0 Å². The number of esters is 2. The number of rotatable bonds is 9. The number of allylic oxidation sites excluding steroid dienone is 1. The monoisotopic (exact) mass is 348 g/mol. The first-order valence-corrected chi connectivity index (χ1v) is 7.96. The lowest BCUT2D eigenvalue weighted by molar-refractivity contribution is -0.156. The highest BCUT2D eigenvalue weighted by Gasteiger charge is 2.25. The van der Waals surface area contributed by atoms with Gasteiger partial charge in [0, 0.05) is 5.92 Å². The van der Waals surface area contributed by atoms with Gasteiger partial charge in [0.15, 0.2) is 0 Å². The number of carbonyl (C=O) groups excluding carboxylic acids is 3. The van der Waals surface area contributed by atoms with E-state index in [-0.39, 0.29) is 19.6 Å². The van der Waals surface area contributed by atoms with Crippen LogP contribution in [0.3, 0.4) is 0 Å². The molecular formula is C19H24O6. The molecule has 0 spiro atoms. The van der Waals surface area contributed by atoms with Crippen molar-refractivity contribution in [1.82, 2.24) is 0 Å². The average Bonchev–Trinajstić information content (AvgIpc) is 2.59. The maximum Gasteiger partial charge on any atom is 0.375 e. The zero-order valence-electron chi connectivity index (χ0n) is 15.0. The number of carbonyl (C=O) groups is 3. The number of ketones is 1. The number of hydrogen-bond acceptors (Lipinski definition) is 6. The smallest absolute Gasteiger partial charge is 0.375 e. The number of hydrogen-bond donors (Lipinski definition) is 0. The zero-order chi connectivity index (χ0) is 18.8. The molecule has 1 aromatic rings. The van der Waals surface area contributed by atoms with E-state index in [1.54, 1.807) is 37.5 Å². The summed E-state index contributed by atoms with van der Waals surface area (Å²) in [5.41, 5.74) is 1.78. The van der Waals surface area contributed by atoms with Gasteiger partial charge in [-0.05, 0) is 37.6 Å². The molecule has 1 aromatic carbocycles. The van der Waals surface area contributed by atoms with Crippen molar-refractivity contribution in [3.8, 4) is 5.75 Å². The Labute approximate surface area is 147 Å². The van der Waals surface area contributed by atoms with E-state index < -0.39 is 23.6 Å². The van der Waals surface area contributed by atoms with Crippen LogP contribution in [0.4, 0.5) is 0 Å². The molecule has 0 saturated carbocycles. The van der Waals surface area contributed by atoms with Gasteiger partial charge in [-0.1, -0.05) is 24.6 Å². The maximum atomic E-state index is 11.9. The molecule has 0 aliphatic carbocycles. The summed E-state index contributed by atoms with van der Waals surface area (Å²) in [6.07, 6.45) is 1.52. The summed E-state index contributed by atoms with van der Waals surface area (Å²) in [6, 6.07) is 7.08. The predicted molar refractivity (Wildman–Crippen MR) is 92.0 cm³/mol. The molecule has 1 atom stereocenters. The average molecular weight is 348 g/mol. The van der Waals surface area contributed by atoms with Gasteiger partial charge in [0.25, 0.3) is 0 Å². The van der Waals surface area contributed by atoms with Crippen LogP contribution in [-0.4, -0.2) is 31.4 Å². The standard InChI is InChI=1S/C19H24O6/c1-13(2)9-10-24-19(22)18(21)14(3)11-17(20)25-12-15-5-7-16(23-4)8-6-15/h5-9,14H,10-12H2,1-4H3/t14-/m0/s1. The van der Waals surface area contributed by atoms with Crippen LogP contribution in [0.5, 0.6) is 5.75 Å². The number of methoxy groups -OCH3 is 1. The van der Waals surface area contributed by atoms with Gasteiger partial charge >= 0.3 is 11.9 Å². The lowest BCUT2D eigenvalue weighted by atomic mass is 10.0. The SMILES string of the molecule is COc1ccc(COC(=O)C[C@H](C)C(=O)C(=O)OCC=C(C)C)cc1. The molecule has 6 nitrogen and oxygen atoms in total. The molecule has 0 aliphatic rings. The number of ether oxygens (including phenoxy) is 3. The Balaban J connectivity index is 2.40. The zero-order valence-corrected chi connectivity index (χ0v) is 15.0. The van der Waals surface area contributed by atoms with E-state index in [4.69, 9.17) is 14.2 Å². The third kappa shape index (κ3) is 7.65. The Bertz CT molecular complexity index is 626. The Kier molecular flexibility index (Phi) is 8.39. The van der Waals surface area contributed by atoms with Gasteiger partial charge < -0.3 is 14.2 Å². The second-order valence-corrected chi connectivity index (χ2v) is 5.86. The minimum Gasteiger partial charge on any atom is -0.497 e. The molecular weight excluding hydrogens is 324 g/mol. The molecule has 0 N–H and O–H groups in total. The van der Waals surface area contributed by atoms with Gasteiger partial charge in [-0.15, -0.1) is 0 Å². The third-order valence-corrected chi connectivity index (χ3v) is 3.39. The Morgan fingerprint density at radius 2 is 1.72 bits per heavy atom. The Morgan fingerprint density at radius 1 is 1.08 bits per heavy atom. The molecule has 0 aliphatic heterocycles. The summed E-state index contributed by atoms with van der Waals surface area (Å²) in [7, 11) is 1.57. The van der Waals surface area contributed by atoms with Crippen LogP contribution in [0.25, 0.3) is 0 Å². The van der Waals surface area contributed by atoms with Gasteiger partial charge in [0.1, 0.15) is 19.0 Å². The summed E-state index contributed by atoms with van der Waals surface area (Å²) >= 11 is 0. The van der Waals surface area contributed by atoms with Crippen LogP contribution in [0.2, 0.25) is 0 Å². The van der Waals surface area contributed by atoms with E-state index in [9.17, 15) is 14.4 Å². The summed E-state index contributed by atoms with van der Waals surface area (Å²) in [5.74, 6) is -2.30. The molecule has 0 aromatic heterocycles. The fraction of sp³-hybridized carbons (Fsp3) is 0.421. The van der Waals surface area contributed by atoms with Gasteiger partial charge in [-0.25, -0.2) is 4.79 Å². The summed E-state index contributed by atoms with van der Waals surface area (Å²) in [4.78, 5) is 35.3. The molecule has 0 bridgehead atoms. The summed E-state index contributed by atoms with van der Waals surface area (Å²) in [6.45, 7) is 5.35. The van der Waals surface area contributed by atoms with E-state index in [0.29, 0.717) is 5.75 Å². The van der Waals surface area contributed by atoms with Crippen molar-refractivity contribution in [2.75, 3.05) is 13.7 Å². The van der Waals surface area contributed by atoms with Crippen molar-refractivity contribution in [3.05, 3.63) is 41.5 Å². The minimum absolute atomic E-state index is 0.0432. The van der Waals surface area contributed by atoms with Crippen LogP contribution in [-0.2, 0) is 30.5 Å². The van der Waals surface area contributed by atoms with Crippen molar-refractivity contribution in [3.63, 3.8) is 0 Å². The molecule has 1 rings (SSSR count). The van der Waals surface area contributed by atoms with Crippen molar-refractivity contribution in [2.45, 2.75) is 33.8 Å². The molecule has 136 valence electrons. The first kappa shape index (κ1) is 20.4. The first-order chi connectivity index (χ1) is 11.8. The molecule has 0 heterocycles. The van der Waals surface area contributed by atoms with E-state index >= 15 is 0 Å². The fourth-order valence-electron chi connectivity index (χ4n) is 1.84. The minimum atomic E-state index is -0.937. The lowest BCUT2D eigenvalue weighted by Crippen LogP contribution is -2.26. The highest BCUT2D eigenvalue weighted by atomic mass is 16.5. The lowest BCUT2D eigenvalue weighted by Gasteiger charge is -2.10. The van der Waals surface area contributed by atoms with Crippen LogP contribution in [0.1, 0.15) is 32.8 Å². The molecule has 0 unspecified atom stereocenters. The fourth-order valence-corrected chi connectivity index (χ4v) is 1.84. The number of Topliss-reactive ketones (excluding diaryl/α,β-unsaturated/α-hetero) is 1. The molecule has 0 radical (unpaired) electrons. The molecule has 0 saturated heterocycles.